The third-order valence-electron chi connectivity index (χ3n) is 4.29. The molecule has 0 unspecified atom stereocenters. The first-order chi connectivity index (χ1) is 11.9. The summed E-state index contributed by atoms with van der Waals surface area (Å²) in [5.41, 5.74) is 1.88. The van der Waals surface area contributed by atoms with E-state index in [-0.39, 0.29) is 17.6 Å². The first-order valence-corrected chi connectivity index (χ1v) is 8.43. The number of carbonyl (C=O) groups excluding carboxylic acids is 1. The third kappa shape index (κ3) is 3.94. The number of benzene rings is 2. The van der Waals surface area contributed by atoms with Gasteiger partial charge in [-0.3, -0.25) is 4.79 Å². The number of amides is 1. The lowest BCUT2D eigenvalue weighted by molar-refractivity contribution is 0.0696. The Morgan fingerprint density at radius 3 is 2.40 bits per heavy atom. The van der Waals surface area contributed by atoms with Crippen LogP contribution in [0.2, 0.25) is 5.02 Å². The summed E-state index contributed by atoms with van der Waals surface area (Å²) in [5.74, 6) is -0.715. The van der Waals surface area contributed by atoms with Crippen LogP contribution >= 0.6 is 11.6 Å². The molecule has 2 aromatic carbocycles. The number of aromatic carboxylic acids is 1. The van der Waals surface area contributed by atoms with Crippen LogP contribution in [-0.4, -0.2) is 23.1 Å². The molecular formula is C19H18ClNO4. The molecule has 25 heavy (non-hydrogen) atoms. The van der Waals surface area contributed by atoms with Gasteiger partial charge in [0.15, 0.2) is 0 Å². The van der Waals surface area contributed by atoms with E-state index < -0.39 is 5.97 Å². The fourth-order valence-corrected chi connectivity index (χ4v) is 2.69. The van der Waals surface area contributed by atoms with Crippen molar-refractivity contribution in [3.8, 4) is 5.75 Å². The van der Waals surface area contributed by atoms with E-state index in [9.17, 15) is 9.59 Å². The molecule has 0 atom stereocenters. The van der Waals surface area contributed by atoms with Crippen LogP contribution in [0.4, 0.5) is 5.69 Å². The van der Waals surface area contributed by atoms with E-state index in [4.69, 9.17) is 21.4 Å². The Hall–Kier alpha value is -2.53. The standard InChI is InChI=1S/C19H18ClNO4/c1-11-16(20)9-13(10-17(11)25-15-3-2-4-15)18(22)21-14-7-5-12(6-8-14)19(23)24/h5-10,15H,2-4H2,1H3,(H,21,22)(H,23,24). The molecule has 1 aliphatic carbocycles. The van der Waals surface area contributed by atoms with E-state index in [1.54, 1.807) is 24.3 Å². The summed E-state index contributed by atoms with van der Waals surface area (Å²) in [4.78, 5) is 23.3. The SMILES string of the molecule is Cc1c(Cl)cc(C(=O)Nc2ccc(C(=O)O)cc2)cc1OC1CCC1. The second-order valence-corrected chi connectivity index (χ2v) is 6.50. The van der Waals surface area contributed by atoms with Crippen molar-refractivity contribution in [3.05, 3.63) is 58.1 Å². The Balaban J connectivity index is 1.77. The molecule has 0 bridgehead atoms. The average Bonchev–Trinajstić information content (AvgIpc) is 2.54. The topological polar surface area (TPSA) is 75.6 Å². The molecule has 0 aliphatic heterocycles. The smallest absolute Gasteiger partial charge is 0.335 e. The predicted molar refractivity (Wildman–Crippen MR) is 95.8 cm³/mol. The molecule has 2 aromatic rings. The molecular weight excluding hydrogens is 342 g/mol. The maximum atomic E-state index is 12.5. The van der Waals surface area contributed by atoms with Gasteiger partial charge in [0.1, 0.15) is 5.75 Å². The van der Waals surface area contributed by atoms with E-state index in [1.165, 1.54) is 12.1 Å². The zero-order chi connectivity index (χ0) is 18.0. The average molecular weight is 360 g/mol. The van der Waals surface area contributed by atoms with Crippen molar-refractivity contribution < 1.29 is 19.4 Å². The molecule has 2 N–H and O–H groups in total. The summed E-state index contributed by atoms with van der Waals surface area (Å²) in [6, 6.07) is 9.26. The van der Waals surface area contributed by atoms with Gasteiger partial charge in [-0.25, -0.2) is 4.79 Å². The first kappa shape index (κ1) is 17.3. The Morgan fingerprint density at radius 2 is 1.84 bits per heavy atom. The van der Waals surface area contributed by atoms with Crippen molar-refractivity contribution in [1.82, 2.24) is 0 Å². The van der Waals surface area contributed by atoms with Gasteiger partial charge in [0.05, 0.1) is 11.7 Å². The van der Waals surface area contributed by atoms with Gasteiger partial charge < -0.3 is 15.2 Å². The van der Waals surface area contributed by atoms with Crippen molar-refractivity contribution >= 4 is 29.2 Å². The number of nitrogens with one attached hydrogen (secondary N) is 1. The van der Waals surface area contributed by atoms with Gasteiger partial charge >= 0.3 is 5.97 Å². The van der Waals surface area contributed by atoms with Gasteiger partial charge in [0.2, 0.25) is 0 Å². The maximum Gasteiger partial charge on any atom is 0.335 e. The number of hydrogen-bond acceptors (Lipinski definition) is 3. The largest absolute Gasteiger partial charge is 0.490 e. The van der Waals surface area contributed by atoms with Gasteiger partial charge in [-0.15, -0.1) is 0 Å². The second-order valence-electron chi connectivity index (χ2n) is 6.09. The molecule has 5 nitrogen and oxygen atoms in total. The van der Waals surface area contributed by atoms with Crippen molar-refractivity contribution in [2.24, 2.45) is 0 Å². The van der Waals surface area contributed by atoms with E-state index in [2.05, 4.69) is 5.32 Å². The summed E-state index contributed by atoms with van der Waals surface area (Å²) in [5, 5.41) is 12.1. The summed E-state index contributed by atoms with van der Waals surface area (Å²) in [7, 11) is 0. The minimum Gasteiger partial charge on any atom is -0.490 e. The van der Waals surface area contributed by atoms with E-state index in [0.29, 0.717) is 22.0 Å². The quantitative estimate of drug-likeness (QED) is 0.822. The van der Waals surface area contributed by atoms with Gasteiger partial charge in [-0.2, -0.15) is 0 Å². The monoisotopic (exact) mass is 359 g/mol. The lowest BCUT2D eigenvalue weighted by Crippen LogP contribution is -2.25. The van der Waals surface area contributed by atoms with E-state index in [1.807, 2.05) is 6.92 Å². The van der Waals surface area contributed by atoms with Gasteiger partial charge in [0.25, 0.3) is 5.91 Å². The summed E-state index contributed by atoms with van der Waals surface area (Å²) < 4.78 is 5.92. The van der Waals surface area contributed by atoms with Crippen LogP contribution in [0.25, 0.3) is 0 Å². The van der Waals surface area contributed by atoms with Crippen molar-refractivity contribution in [2.75, 3.05) is 5.32 Å². The van der Waals surface area contributed by atoms with Crippen LogP contribution < -0.4 is 10.1 Å². The number of rotatable bonds is 5. The molecule has 0 spiro atoms. The van der Waals surface area contributed by atoms with Crippen LogP contribution in [0.5, 0.6) is 5.75 Å². The summed E-state index contributed by atoms with van der Waals surface area (Å²) in [6.45, 7) is 1.86. The fourth-order valence-electron chi connectivity index (χ4n) is 2.47. The zero-order valence-corrected chi connectivity index (χ0v) is 14.5. The molecule has 130 valence electrons. The van der Waals surface area contributed by atoms with Crippen LogP contribution in [0.3, 0.4) is 0 Å². The Kier molecular flexibility index (Phi) is 4.95. The van der Waals surface area contributed by atoms with Crippen LogP contribution in [0.15, 0.2) is 36.4 Å². The molecule has 0 radical (unpaired) electrons. The highest BCUT2D eigenvalue weighted by atomic mass is 35.5. The number of ether oxygens (including phenoxy) is 1. The van der Waals surface area contributed by atoms with Gasteiger partial charge in [-0.1, -0.05) is 11.6 Å². The van der Waals surface area contributed by atoms with Gasteiger partial charge in [-0.05, 0) is 62.6 Å². The van der Waals surface area contributed by atoms with Crippen molar-refractivity contribution in [2.45, 2.75) is 32.3 Å². The fraction of sp³-hybridized carbons (Fsp3) is 0.263. The van der Waals surface area contributed by atoms with E-state index >= 15 is 0 Å². The highest BCUT2D eigenvalue weighted by molar-refractivity contribution is 6.32. The highest BCUT2D eigenvalue weighted by Gasteiger charge is 2.21. The third-order valence-corrected chi connectivity index (χ3v) is 4.69. The Bertz CT molecular complexity index is 813. The summed E-state index contributed by atoms with van der Waals surface area (Å²) in [6.07, 6.45) is 3.38. The van der Waals surface area contributed by atoms with Crippen molar-refractivity contribution in [3.63, 3.8) is 0 Å². The van der Waals surface area contributed by atoms with Gasteiger partial charge in [0, 0.05) is 21.8 Å². The van der Waals surface area contributed by atoms with Crippen LogP contribution in [-0.2, 0) is 0 Å². The highest BCUT2D eigenvalue weighted by Crippen LogP contribution is 2.32. The minimum atomic E-state index is -1.01. The Labute approximate surface area is 150 Å². The first-order valence-electron chi connectivity index (χ1n) is 8.05. The number of anilines is 1. The summed E-state index contributed by atoms with van der Waals surface area (Å²) >= 11 is 6.24. The van der Waals surface area contributed by atoms with Crippen LogP contribution in [0, 0.1) is 6.92 Å². The normalized spacial score (nSPS) is 13.8. The van der Waals surface area contributed by atoms with E-state index in [0.717, 1.165) is 24.8 Å². The van der Waals surface area contributed by atoms with Crippen LogP contribution in [0.1, 0.15) is 45.5 Å². The molecule has 1 amide bonds. The lowest BCUT2D eigenvalue weighted by atomic mass is 9.96. The molecule has 0 saturated heterocycles. The predicted octanol–water partition coefficient (Wildman–Crippen LogP) is 4.53. The minimum absolute atomic E-state index is 0.160. The second kappa shape index (κ2) is 7.15. The number of hydrogen-bond donors (Lipinski definition) is 2. The molecule has 0 aromatic heterocycles. The number of halogens is 1. The maximum absolute atomic E-state index is 12.5. The number of carbonyl (C=O) groups is 2. The molecule has 1 fully saturated rings. The number of carboxylic acid groups (broad SMARTS) is 1. The molecule has 0 heterocycles. The zero-order valence-electron chi connectivity index (χ0n) is 13.7. The molecule has 1 aliphatic rings. The number of carboxylic acids is 1. The lowest BCUT2D eigenvalue weighted by Gasteiger charge is -2.27. The molecule has 6 heteroatoms. The Morgan fingerprint density at radius 1 is 1.16 bits per heavy atom. The van der Waals surface area contributed by atoms with Crippen molar-refractivity contribution in [1.29, 1.82) is 0 Å². The molecule has 1 saturated carbocycles. The molecule has 3 rings (SSSR count).